The Labute approximate surface area is 150 Å². The molecule has 1 aromatic carbocycles. The number of aromatic carboxylic acids is 1. The summed E-state index contributed by atoms with van der Waals surface area (Å²) in [5.41, 5.74) is 3.71. The summed E-state index contributed by atoms with van der Waals surface area (Å²) in [5.74, 6) is -0.101. The minimum Gasteiger partial charge on any atom is -0.478 e. The highest BCUT2D eigenvalue weighted by Crippen LogP contribution is 2.54. The molecule has 1 spiro atoms. The number of carboxylic acid groups (broad SMARTS) is 1. The Morgan fingerprint density at radius 2 is 1.96 bits per heavy atom. The molecule has 3 heterocycles. The zero-order chi connectivity index (χ0) is 17.9. The molecule has 2 aliphatic rings. The van der Waals surface area contributed by atoms with Crippen molar-refractivity contribution in [3.8, 4) is 0 Å². The second kappa shape index (κ2) is 5.45. The zero-order valence-electron chi connectivity index (χ0n) is 14.5. The highest BCUT2D eigenvalue weighted by molar-refractivity contribution is 5.95. The SMILES string of the molecule is O=C(O)c1cc(CO)c2c(c1)nc(N1CCC3(CC1)CC3)c1cccn12. The van der Waals surface area contributed by atoms with E-state index in [1.165, 1.54) is 31.7 Å². The third kappa shape index (κ3) is 2.29. The molecule has 2 N–H and O–H groups in total. The van der Waals surface area contributed by atoms with Gasteiger partial charge < -0.3 is 19.5 Å². The predicted molar refractivity (Wildman–Crippen MR) is 98.7 cm³/mol. The maximum Gasteiger partial charge on any atom is 0.335 e. The van der Waals surface area contributed by atoms with Gasteiger partial charge in [-0.1, -0.05) is 0 Å². The predicted octanol–water partition coefficient (Wildman–Crippen LogP) is 3.06. The monoisotopic (exact) mass is 351 g/mol. The normalized spacial score (nSPS) is 18.7. The Morgan fingerprint density at radius 3 is 2.62 bits per heavy atom. The van der Waals surface area contributed by atoms with Gasteiger partial charge in [-0.05, 0) is 55.4 Å². The van der Waals surface area contributed by atoms with Crippen molar-refractivity contribution in [3.05, 3.63) is 41.6 Å². The molecule has 0 unspecified atom stereocenters. The maximum atomic E-state index is 11.5. The second-order valence-corrected chi connectivity index (χ2v) is 7.65. The summed E-state index contributed by atoms with van der Waals surface area (Å²) in [4.78, 5) is 18.6. The van der Waals surface area contributed by atoms with E-state index in [4.69, 9.17) is 4.98 Å². The summed E-state index contributed by atoms with van der Waals surface area (Å²) in [6.07, 6.45) is 7.07. The lowest BCUT2D eigenvalue weighted by atomic mass is 9.94. The fraction of sp³-hybridized carbons (Fsp3) is 0.400. The first kappa shape index (κ1) is 15.6. The quantitative estimate of drug-likeness (QED) is 0.758. The van der Waals surface area contributed by atoms with Crippen molar-refractivity contribution in [3.63, 3.8) is 0 Å². The summed E-state index contributed by atoms with van der Waals surface area (Å²) in [6, 6.07) is 7.14. The van der Waals surface area contributed by atoms with E-state index in [2.05, 4.69) is 4.90 Å². The number of fused-ring (bicyclic) bond motifs is 3. The largest absolute Gasteiger partial charge is 0.478 e. The number of hydrogen-bond donors (Lipinski definition) is 2. The number of nitrogens with zero attached hydrogens (tertiary/aromatic N) is 3. The maximum absolute atomic E-state index is 11.5. The molecule has 26 heavy (non-hydrogen) atoms. The topological polar surface area (TPSA) is 78.1 Å². The van der Waals surface area contributed by atoms with Gasteiger partial charge in [-0.2, -0.15) is 0 Å². The van der Waals surface area contributed by atoms with Crippen LogP contribution < -0.4 is 4.90 Å². The third-order valence-electron chi connectivity index (χ3n) is 6.11. The summed E-state index contributed by atoms with van der Waals surface area (Å²) < 4.78 is 2.02. The fourth-order valence-corrected chi connectivity index (χ4v) is 4.32. The molecule has 5 rings (SSSR count). The average Bonchev–Trinajstić information content (AvgIpc) is 3.22. The van der Waals surface area contributed by atoms with E-state index in [1.807, 2.05) is 22.7 Å². The van der Waals surface area contributed by atoms with Gasteiger partial charge in [0.15, 0.2) is 5.82 Å². The molecule has 1 saturated heterocycles. The van der Waals surface area contributed by atoms with Crippen molar-refractivity contribution in [2.45, 2.75) is 32.3 Å². The van der Waals surface area contributed by atoms with Gasteiger partial charge in [0.25, 0.3) is 0 Å². The van der Waals surface area contributed by atoms with Crippen LogP contribution in [0.15, 0.2) is 30.5 Å². The van der Waals surface area contributed by atoms with Crippen LogP contribution in [0.5, 0.6) is 0 Å². The van der Waals surface area contributed by atoms with E-state index in [1.54, 1.807) is 6.07 Å². The number of aliphatic hydroxyl groups excluding tert-OH is 1. The van der Waals surface area contributed by atoms with Crippen molar-refractivity contribution in [1.29, 1.82) is 0 Å². The van der Waals surface area contributed by atoms with Crippen molar-refractivity contribution in [2.75, 3.05) is 18.0 Å². The molecule has 1 saturated carbocycles. The smallest absolute Gasteiger partial charge is 0.335 e. The minimum atomic E-state index is -1.01. The Balaban J connectivity index is 1.70. The average molecular weight is 351 g/mol. The molecule has 6 heteroatoms. The molecule has 134 valence electrons. The molecular weight excluding hydrogens is 330 g/mol. The van der Waals surface area contributed by atoms with Crippen LogP contribution in [0, 0.1) is 5.41 Å². The standard InChI is InChI=1S/C20H21N3O3/c24-12-14-10-13(19(25)26)11-15-17(14)23-7-1-2-16(23)18(21-15)22-8-5-20(3-4-20)6-9-22/h1-2,7,10-11,24H,3-6,8-9,12H2,(H,25,26). The van der Waals surface area contributed by atoms with Crippen LogP contribution in [-0.2, 0) is 6.61 Å². The van der Waals surface area contributed by atoms with E-state index in [-0.39, 0.29) is 12.2 Å². The van der Waals surface area contributed by atoms with E-state index in [0.717, 1.165) is 29.9 Å². The molecular formula is C20H21N3O3. The van der Waals surface area contributed by atoms with E-state index < -0.39 is 5.97 Å². The molecule has 2 fully saturated rings. The van der Waals surface area contributed by atoms with Crippen molar-refractivity contribution >= 4 is 28.3 Å². The minimum absolute atomic E-state index is 0.155. The Hall–Kier alpha value is -2.60. The first-order valence-electron chi connectivity index (χ1n) is 9.13. The Morgan fingerprint density at radius 1 is 1.19 bits per heavy atom. The molecule has 3 aromatic rings. The van der Waals surface area contributed by atoms with Crippen LogP contribution in [0.1, 0.15) is 41.6 Å². The molecule has 0 bridgehead atoms. The van der Waals surface area contributed by atoms with Gasteiger partial charge in [0.1, 0.15) is 0 Å². The van der Waals surface area contributed by atoms with E-state index in [0.29, 0.717) is 16.5 Å². The third-order valence-corrected chi connectivity index (χ3v) is 6.11. The second-order valence-electron chi connectivity index (χ2n) is 7.65. The number of aromatic nitrogens is 2. The molecule has 0 radical (unpaired) electrons. The Bertz CT molecular complexity index is 1030. The Kier molecular flexibility index (Phi) is 3.28. The van der Waals surface area contributed by atoms with Crippen LogP contribution in [0.2, 0.25) is 0 Å². The molecule has 1 aliphatic heterocycles. The lowest BCUT2D eigenvalue weighted by Crippen LogP contribution is -2.35. The number of carboxylic acids is 1. The molecule has 2 aromatic heterocycles. The van der Waals surface area contributed by atoms with Gasteiger partial charge in [-0.3, -0.25) is 0 Å². The zero-order valence-corrected chi connectivity index (χ0v) is 14.5. The lowest BCUT2D eigenvalue weighted by Gasteiger charge is -2.33. The van der Waals surface area contributed by atoms with Gasteiger partial charge in [-0.25, -0.2) is 9.78 Å². The number of piperidine rings is 1. The number of aliphatic hydroxyl groups is 1. The number of anilines is 1. The van der Waals surface area contributed by atoms with Crippen LogP contribution in [0.4, 0.5) is 5.82 Å². The van der Waals surface area contributed by atoms with E-state index >= 15 is 0 Å². The summed E-state index contributed by atoms with van der Waals surface area (Å²) in [7, 11) is 0. The lowest BCUT2D eigenvalue weighted by molar-refractivity contribution is 0.0697. The van der Waals surface area contributed by atoms with Gasteiger partial charge >= 0.3 is 5.97 Å². The van der Waals surface area contributed by atoms with Crippen molar-refractivity contribution in [2.24, 2.45) is 5.41 Å². The van der Waals surface area contributed by atoms with E-state index in [9.17, 15) is 15.0 Å². The van der Waals surface area contributed by atoms with Crippen LogP contribution in [0.3, 0.4) is 0 Å². The highest BCUT2D eigenvalue weighted by Gasteiger charge is 2.44. The van der Waals surface area contributed by atoms with Crippen LogP contribution in [-0.4, -0.2) is 38.7 Å². The van der Waals surface area contributed by atoms with Crippen LogP contribution in [0.25, 0.3) is 16.6 Å². The first-order chi connectivity index (χ1) is 12.6. The van der Waals surface area contributed by atoms with Gasteiger partial charge in [0, 0.05) is 24.8 Å². The summed E-state index contributed by atoms with van der Waals surface area (Å²) in [6.45, 7) is 1.76. The van der Waals surface area contributed by atoms with Gasteiger partial charge in [0.2, 0.25) is 0 Å². The number of hydrogen-bond acceptors (Lipinski definition) is 4. The summed E-state index contributed by atoms with van der Waals surface area (Å²) in [5, 5.41) is 19.2. The number of rotatable bonds is 3. The number of benzene rings is 1. The van der Waals surface area contributed by atoms with Crippen LogP contribution >= 0.6 is 0 Å². The molecule has 0 amide bonds. The highest BCUT2D eigenvalue weighted by atomic mass is 16.4. The molecule has 1 aliphatic carbocycles. The molecule has 0 atom stereocenters. The van der Waals surface area contributed by atoms with Gasteiger partial charge in [-0.15, -0.1) is 0 Å². The first-order valence-corrected chi connectivity index (χ1v) is 9.13. The van der Waals surface area contributed by atoms with Crippen molar-refractivity contribution < 1.29 is 15.0 Å². The molecule has 6 nitrogen and oxygen atoms in total. The summed E-state index contributed by atoms with van der Waals surface area (Å²) >= 11 is 0. The number of carbonyl (C=O) groups is 1. The van der Waals surface area contributed by atoms with Gasteiger partial charge in [0.05, 0.1) is 28.7 Å². The van der Waals surface area contributed by atoms with Crippen molar-refractivity contribution in [1.82, 2.24) is 9.38 Å². The fourth-order valence-electron chi connectivity index (χ4n) is 4.32.